The lowest BCUT2D eigenvalue weighted by Gasteiger charge is -2.34. The Morgan fingerprint density at radius 2 is 1.57 bits per heavy atom. The van der Waals surface area contributed by atoms with E-state index in [0.717, 1.165) is 54.9 Å². The molecule has 0 spiro atoms. The Hall–Kier alpha value is -5.38. The predicted molar refractivity (Wildman–Crippen MR) is 213 cm³/mol. The Kier molecular flexibility index (Phi) is 10.9. The molecule has 3 aromatic carbocycles. The van der Waals surface area contributed by atoms with Crippen LogP contribution in [0.5, 0.6) is 23.3 Å². The fraction of sp³-hybridized carbons (Fsp3) is 0.359. The number of carbonyl (C=O) groups is 1. The number of nitrogens with one attached hydrogen (secondary N) is 1. The van der Waals surface area contributed by atoms with E-state index < -0.39 is 0 Å². The normalized spacial score (nSPS) is 17.9. The summed E-state index contributed by atoms with van der Waals surface area (Å²) < 4.78 is 18.9. The molecule has 1 N–H and O–H groups in total. The van der Waals surface area contributed by atoms with E-state index in [2.05, 4.69) is 37.0 Å². The molecule has 0 radical (unpaired) electrons. The number of anilines is 4. The van der Waals surface area contributed by atoms with Gasteiger partial charge in [0.05, 0.1) is 25.0 Å². The second-order valence-corrected chi connectivity index (χ2v) is 14.7. The van der Waals surface area contributed by atoms with Crippen LogP contribution >= 0.6 is 11.8 Å². The van der Waals surface area contributed by atoms with E-state index in [1.54, 1.807) is 42.5 Å². The summed E-state index contributed by atoms with van der Waals surface area (Å²) in [6.07, 6.45) is 0. The number of rotatable bonds is 12. The second kappa shape index (κ2) is 15.9. The van der Waals surface area contributed by atoms with Crippen LogP contribution in [0.25, 0.3) is 10.9 Å². The Labute approximate surface area is 318 Å². The van der Waals surface area contributed by atoms with Gasteiger partial charge in [0.1, 0.15) is 11.1 Å². The molecule has 54 heavy (non-hydrogen) atoms. The zero-order chi connectivity index (χ0) is 37.9. The van der Waals surface area contributed by atoms with Crippen LogP contribution in [0.1, 0.15) is 17.9 Å². The predicted octanol–water partition coefficient (Wildman–Crippen LogP) is 5.13. The first-order valence-electron chi connectivity index (χ1n) is 17.9. The first kappa shape index (κ1) is 37.0. The van der Waals surface area contributed by atoms with Gasteiger partial charge >= 0.3 is 6.01 Å². The highest BCUT2D eigenvalue weighted by Gasteiger charge is 2.43. The summed E-state index contributed by atoms with van der Waals surface area (Å²) in [7, 11) is 8.60. The van der Waals surface area contributed by atoms with Crippen LogP contribution in [0.3, 0.4) is 0 Å². The third-order valence-corrected chi connectivity index (χ3v) is 11.2. The van der Waals surface area contributed by atoms with Crippen LogP contribution < -0.4 is 34.9 Å². The zero-order valence-electron chi connectivity index (χ0n) is 31.4. The minimum Gasteiger partial charge on any atom is -0.493 e. The minimum absolute atomic E-state index is 0.0332. The lowest BCUT2D eigenvalue weighted by Crippen LogP contribution is -2.49. The number of piperazine rings is 1. The number of likely N-dealkylation sites (N-methyl/N-ethyl adjacent to an activating group) is 1. The molecule has 2 fully saturated rings. The molecule has 282 valence electrons. The van der Waals surface area contributed by atoms with Crippen LogP contribution in [0.2, 0.25) is 0 Å². The van der Waals surface area contributed by atoms with Crippen molar-refractivity contribution >= 4 is 51.8 Å². The third-order valence-electron chi connectivity index (χ3n) is 9.79. The molecular weight excluding hydrogens is 707 g/mol. The van der Waals surface area contributed by atoms with Gasteiger partial charge in [0.2, 0.25) is 17.8 Å². The van der Waals surface area contributed by atoms with E-state index in [0.29, 0.717) is 35.4 Å². The maximum absolute atomic E-state index is 14.3. The molecule has 0 saturated carbocycles. The fourth-order valence-corrected chi connectivity index (χ4v) is 8.22. The van der Waals surface area contributed by atoms with Gasteiger partial charge in [-0.05, 0) is 60.6 Å². The van der Waals surface area contributed by atoms with Gasteiger partial charge in [-0.15, -0.1) is 11.8 Å². The monoisotopic (exact) mass is 751 g/mol. The highest BCUT2D eigenvalue weighted by atomic mass is 32.2. The van der Waals surface area contributed by atoms with Gasteiger partial charge in [0.15, 0.2) is 11.5 Å². The van der Waals surface area contributed by atoms with Crippen molar-refractivity contribution in [1.29, 1.82) is 0 Å². The largest absolute Gasteiger partial charge is 0.493 e. The molecule has 0 bridgehead atoms. The fourth-order valence-electron chi connectivity index (χ4n) is 6.73. The zero-order valence-corrected chi connectivity index (χ0v) is 32.2. The summed E-state index contributed by atoms with van der Waals surface area (Å²) in [6.45, 7) is 7.82. The molecule has 14 nitrogen and oxygen atoms in total. The summed E-state index contributed by atoms with van der Waals surface area (Å²) >= 11 is 1.67. The molecule has 7 rings (SSSR count). The number of aryl methyl sites for hydroxylation is 1. The van der Waals surface area contributed by atoms with E-state index in [1.807, 2.05) is 85.7 Å². The van der Waals surface area contributed by atoms with Crippen molar-refractivity contribution in [2.24, 2.45) is 7.05 Å². The van der Waals surface area contributed by atoms with E-state index in [4.69, 9.17) is 14.2 Å². The highest BCUT2D eigenvalue weighted by molar-refractivity contribution is 8.01. The molecule has 0 aliphatic carbocycles. The Bertz CT molecular complexity index is 2190. The van der Waals surface area contributed by atoms with Crippen LogP contribution in [0.15, 0.2) is 77.6 Å². The van der Waals surface area contributed by atoms with Crippen LogP contribution in [0, 0.1) is 0 Å². The van der Waals surface area contributed by atoms with Gasteiger partial charge in [-0.25, -0.2) is 0 Å². The number of nitrogens with zero attached hydrogens (tertiary/aromatic N) is 8. The Morgan fingerprint density at radius 1 is 0.852 bits per heavy atom. The lowest BCUT2D eigenvalue weighted by molar-refractivity contribution is -0.118. The van der Waals surface area contributed by atoms with E-state index in [-0.39, 0.29) is 34.0 Å². The van der Waals surface area contributed by atoms with Crippen LogP contribution in [-0.4, -0.2) is 108 Å². The van der Waals surface area contributed by atoms with Crippen molar-refractivity contribution in [2.45, 2.75) is 17.5 Å². The number of fused-ring (bicyclic) bond motifs is 1. The number of para-hydroxylation sites is 1. The molecular formula is C39H45N9O5S. The van der Waals surface area contributed by atoms with E-state index in [1.165, 1.54) is 6.07 Å². The number of thioether (sulfide) groups is 1. The van der Waals surface area contributed by atoms with Gasteiger partial charge in [0.25, 0.3) is 5.56 Å². The topological polar surface area (TPSA) is 130 Å². The molecule has 2 atom stereocenters. The molecule has 2 aliphatic heterocycles. The van der Waals surface area contributed by atoms with E-state index >= 15 is 0 Å². The van der Waals surface area contributed by atoms with Gasteiger partial charge < -0.3 is 33.9 Å². The van der Waals surface area contributed by atoms with Gasteiger partial charge in [-0.3, -0.25) is 19.4 Å². The Morgan fingerprint density at radius 3 is 2.28 bits per heavy atom. The SMILES string of the molecule is CCN1CCN(CC2SC(c3ccc(OC)c(OC)c3)N(c3ccc(Nc4nc(Oc5cc(=O)n(C)c6ccccc56)nc(N(C)C)n4)cc3)C2=O)CC1. The number of hydrogen-bond donors (Lipinski definition) is 1. The average molecular weight is 752 g/mol. The van der Waals surface area contributed by atoms with Crippen LogP contribution in [0.4, 0.5) is 23.3 Å². The number of hydrogen-bond acceptors (Lipinski definition) is 13. The molecule has 2 unspecified atom stereocenters. The molecule has 5 aromatic rings. The second-order valence-electron chi connectivity index (χ2n) is 13.4. The van der Waals surface area contributed by atoms with E-state index in [9.17, 15) is 9.59 Å². The first-order chi connectivity index (χ1) is 26.1. The summed E-state index contributed by atoms with van der Waals surface area (Å²) in [4.78, 5) is 49.1. The maximum Gasteiger partial charge on any atom is 0.328 e. The number of pyridine rings is 1. The molecule has 1 amide bonds. The number of amides is 1. The number of aromatic nitrogens is 4. The Balaban J connectivity index is 1.15. The molecule has 2 aromatic heterocycles. The smallest absolute Gasteiger partial charge is 0.328 e. The highest BCUT2D eigenvalue weighted by Crippen LogP contribution is 2.47. The third kappa shape index (κ3) is 7.65. The van der Waals surface area contributed by atoms with Crippen molar-refractivity contribution in [2.75, 3.05) is 82.7 Å². The number of carbonyl (C=O) groups excluding carboxylic acids is 1. The van der Waals surface area contributed by atoms with Crippen LogP contribution in [-0.2, 0) is 11.8 Å². The summed E-state index contributed by atoms with van der Waals surface area (Å²) in [6, 6.07) is 22.4. The van der Waals surface area contributed by atoms with Gasteiger partial charge in [-0.2, -0.15) is 15.0 Å². The van der Waals surface area contributed by atoms with Crippen molar-refractivity contribution < 1.29 is 19.0 Å². The van der Waals surface area contributed by atoms with Crippen molar-refractivity contribution in [1.82, 2.24) is 29.3 Å². The molecule has 15 heteroatoms. The number of benzene rings is 3. The van der Waals surface area contributed by atoms with Crippen molar-refractivity contribution in [3.8, 4) is 23.3 Å². The number of ether oxygens (including phenoxy) is 3. The minimum atomic E-state index is -0.269. The maximum atomic E-state index is 14.3. The average Bonchev–Trinajstić information content (AvgIpc) is 3.51. The standard InChI is InChI=1S/C39H45N9O5S/c1-7-46-18-20-47(21-19-46)24-33-35(50)48(36(54-33)25-12-17-30(51-5)32(22-25)52-6)27-15-13-26(14-16-27)40-37-41-38(44(2)3)43-39(42-37)53-31-23-34(49)45(4)29-11-9-8-10-28(29)31/h8-17,22-23,33,36H,7,18-21,24H2,1-6H3,(H,40,41,42,43). The van der Waals surface area contributed by atoms with Crippen molar-refractivity contribution in [3.63, 3.8) is 0 Å². The number of methoxy groups -OCH3 is 2. The lowest BCUT2D eigenvalue weighted by atomic mass is 10.1. The summed E-state index contributed by atoms with van der Waals surface area (Å²) in [5, 5.41) is 3.52. The quantitative estimate of drug-likeness (QED) is 0.181. The summed E-state index contributed by atoms with van der Waals surface area (Å²) in [5.41, 5.74) is 2.93. The van der Waals surface area contributed by atoms with Gasteiger partial charge in [-0.1, -0.05) is 25.1 Å². The molecule has 2 saturated heterocycles. The van der Waals surface area contributed by atoms with Gasteiger partial charge in [0, 0.05) is 76.7 Å². The first-order valence-corrected chi connectivity index (χ1v) is 18.8. The molecule has 2 aliphatic rings. The summed E-state index contributed by atoms with van der Waals surface area (Å²) in [5.74, 6) is 2.28. The van der Waals surface area contributed by atoms with Crippen molar-refractivity contribution in [3.05, 3.63) is 88.7 Å². The molecule has 4 heterocycles.